The van der Waals surface area contributed by atoms with Gasteiger partial charge >= 0.3 is 6.01 Å². The number of benzene rings is 1. The average molecular weight is 321 g/mol. The molecule has 0 fully saturated rings. The van der Waals surface area contributed by atoms with Gasteiger partial charge in [0.05, 0.1) is 0 Å². The molecule has 0 N–H and O–H groups in total. The Morgan fingerprint density at radius 3 is 2.47 bits per heavy atom. The van der Waals surface area contributed by atoms with Gasteiger partial charge in [-0.2, -0.15) is 0 Å². The number of alkyl halides is 1. The fourth-order valence-electron chi connectivity index (χ4n) is 1.77. The van der Waals surface area contributed by atoms with Gasteiger partial charge in [-0.1, -0.05) is 41.9 Å². The first-order valence-electron chi connectivity index (χ1n) is 6.25. The molecule has 0 unspecified atom stereocenters. The molecule has 0 saturated carbocycles. The molecule has 1 heterocycles. The van der Waals surface area contributed by atoms with Crippen molar-refractivity contribution in [2.75, 3.05) is 0 Å². The van der Waals surface area contributed by atoms with Crippen molar-refractivity contribution in [1.29, 1.82) is 0 Å². The third-order valence-electron chi connectivity index (χ3n) is 2.83. The first-order valence-corrected chi connectivity index (χ1v) is 7.37. The molecule has 2 aromatic rings. The van der Waals surface area contributed by atoms with Crippen LogP contribution in [0.3, 0.4) is 0 Å². The Balaban J connectivity index is 2.28. The Kier molecular flexibility index (Phi) is 4.53. The van der Waals surface area contributed by atoms with Crippen LogP contribution in [0.4, 0.5) is 0 Å². The number of aryl methyl sites for hydroxylation is 1. The first-order chi connectivity index (χ1) is 9.10. The van der Waals surface area contributed by atoms with Crippen molar-refractivity contribution in [2.45, 2.75) is 32.0 Å². The number of nitrogens with zero attached hydrogens (tertiary/aromatic N) is 2. The Morgan fingerprint density at radius 1 is 1.21 bits per heavy atom. The van der Waals surface area contributed by atoms with Gasteiger partial charge in [-0.3, -0.25) is 0 Å². The molecule has 0 spiro atoms. The first kappa shape index (κ1) is 14.0. The summed E-state index contributed by atoms with van der Waals surface area (Å²) in [5.74, 6) is 1.24. The second-order valence-corrected chi connectivity index (χ2v) is 5.37. The van der Waals surface area contributed by atoms with Gasteiger partial charge in [0.15, 0.2) is 0 Å². The number of aromatic nitrogens is 2. The lowest BCUT2D eigenvalue weighted by Gasteiger charge is -2.13. The molecule has 3 nitrogen and oxygen atoms in total. The van der Waals surface area contributed by atoms with Crippen molar-refractivity contribution in [3.63, 3.8) is 0 Å². The van der Waals surface area contributed by atoms with Crippen molar-refractivity contribution < 1.29 is 4.74 Å². The SMILES string of the molecule is Cc1ccc(C(C)C)c(Oc2ncc(CBr)cn2)c1. The molecule has 2 rings (SSSR count). The topological polar surface area (TPSA) is 35.0 Å². The minimum absolute atomic E-state index is 0.386. The molecule has 0 saturated heterocycles. The van der Waals surface area contributed by atoms with Crippen LogP contribution in [0, 0.1) is 6.92 Å². The summed E-state index contributed by atoms with van der Waals surface area (Å²) >= 11 is 3.37. The lowest BCUT2D eigenvalue weighted by Crippen LogP contribution is -1.98. The fraction of sp³-hybridized carbons (Fsp3) is 0.333. The van der Waals surface area contributed by atoms with Gasteiger partial charge in [0, 0.05) is 17.7 Å². The van der Waals surface area contributed by atoms with E-state index in [4.69, 9.17) is 4.74 Å². The highest BCUT2D eigenvalue weighted by molar-refractivity contribution is 9.08. The van der Waals surface area contributed by atoms with E-state index >= 15 is 0 Å². The highest BCUT2D eigenvalue weighted by Crippen LogP contribution is 2.30. The molecule has 0 bridgehead atoms. The van der Waals surface area contributed by atoms with Gasteiger partial charge in [-0.15, -0.1) is 0 Å². The van der Waals surface area contributed by atoms with E-state index < -0.39 is 0 Å². The summed E-state index contributed by atoms with van der Waals surface area (Å²) in [5, 5.41) is 0.745. The summed E-state index contributed by atoms with van der Waals surface area (Å²) in [6.45, 7) is 6.34. The standard InChI is InChI=1S/C15H17BrN2O/c1-10(2)13-5-4-11(3)6-14(13)19-15-17-8-12(7-16)9-18-15/h4-6,8-10H,7H2,1-3H3. The van der Waals surface area contributed by atoms with E-state index in [0.29, 0.717) is 11.9 Å². The molecule has 1 aromatic heterocycles. The Hall–Kier alpha value is -1.42. The van der Waals surface area contributed by atoms with Crippen LogP contribution in [-0.4, -0.2) is 9.97 Å². The van der Waals surface area contributed by atoms with E-state index in [1.807, 2.05) is 13.0 Å². The van der Waals surface area contributed by atoms with Crippen molar-refractivity contribution in [3.05, 3.63) is 47.3 Å². The van der Waals surface area contributed by atoms with Crippen LogP contribution in [0.25, 0.3) is 0 Å². The number of halogens is 1. The predicted octanol–water partition coefficient (Wildman–Crippen LogP) is 4.60. The van der Waals surface area contributed by atoms with E-state index in [2.05, 4.69) is 51.9 Å². The zero-order valence-electron chi connectivity index (χ0n) is 11.4. The van der Waals surface area contributed by atoms with E-state index in [-0.39, 0.29) is 0 Å². The quantitative estimate of drug-likeness (QED) is 0.772. The molecule has 0 aliphatic rings. The van der Waals surface area contributed by atoms with Crippen molar-refractivity contribution in [2.24, 2.45) is 0 Å². The Labute approximate surface area is 122 Å². The zero-order chi connectivity index (χ0) is 13.8. The Bertz CT molecular complexity index is 553. The smallest absolute Gasteiger partial charge is 0.321 e. The Morgan fingerprint density at radius 2 is 1.89 bits per heavy atom. The predicted molar refractivity (Wildman–Crippen MR) is 80.0 cm³/mol. The third kappa shape index (κ3) is 3.53. The van der Waals surface area contributed by atoms with Crippen LogP contribution in [0.2, 0.25) is 0 Å². The zero-order valence-corrected chi connectivity index (χ0v) is 12.9. The lowest BCUT2D eigenvalue weighted by molar-refractivity contribution is 0.433. The van der Waals surface area contributed by atoms with Crippen LogP contribution in [0.5, 0.6) is 11.8 Å². The summed E-state index contributed by atoms with van der Waals surface area (Å²) in [4.78, 5) is 8.42. The van der Waals surface area contributed by atoms with Gasteiger partial charge < -0.3 is 4.74 Å². The van der Waals surface area contributed by atoms with Gasteiger partial charge in [-0.25, -0.2) is 9.97 Å². The number of hydrogen-bond donors (Lipinski definition) is 0. The summed E-state index contributed by atoms with van der Waals surface area (Å²) in [5.41, 5.74) is 3.36. The molecule has 4 heteroatoms. The largest absolute Gasteiger partial charge is 0.424 e. The summed E-state index contributed by atoms with van der Waals surface area (Å²) < 4.78 is 5.81. The van der Waals surface area contributed by atoms with Crippen molar-refractivity contribution in [3.8, 4) is 11.8 Å². The van der Waals surface area contributed by atoms with Crippen LogP contribution >= 0.6 is 15.9 Å². The van der Waals surface area contributed by atoms with Crippen LogP contribution in [0.15, 0.2) is 30.6 Å². The summed E-state index contributed by atoms with van der Waals surface area (Å²) in [6, 6.07) is 6.60. The van der Waals surface area contributed by atoms with Gasteiger partial charge in [0.25, 0.3) is 0 Å². The van der Waals surface area contributed by atoms with E-state index in [1.54, 1.807) is 12.4 Å². The maximum Gasteiger partial charge on any atom is 0.321 e. The number of ether oxygens (including phenoxy) is 1. The second kappa shape index (κ2) is 6.15. The van der Waals surface area contributed by atoms with E-state index in [9.17, 15) is 0 Å². The molecular formula is C15H17BrN2O. The molecular weight excluding hydrogens is 304 g/mol. The molecule has 0 aliphatic carbocycles. The van der Waals surface area contributed by atoms with Crippen LogP contribution in [0.1, 0.15) is 36.5 Å². The van der Waals surface area contributed by atoms with E-state index in [0.717, 1.165) is 22.2 Å². The van der Waals surface area contributed by atoms with Crippen molar-refractivity contribution >= 4 is 15.9 Å². The molecule has 0 aliphatic heterocycles. The molecule has 1 aromatic carbocycles. The maximum atomic E-state index is 5.81. The summed E-state index contributed by atoms with van der Waals surface area (Å²) in [7, 11) is 0. The molecule has 19 heavy (non-hydrogen) atoms. The highest BCUT2D eigenvalue weighted by Gasteiger charge is 2.10. The van der Waals surface area contributed by atoms with Crippen molar-refractivity contribution in [1.82, 2.24) is 9.97 Å². The van der Waals surface area contributed by atoms with E-state index in [1.165, 1.54) is 5.56 Å². The molecule has 0 radical (unpaired) electrons. The number of rotatable bonds is 4. The minimum atomic E-state index is 0.386. The lowest BCUT2D eigenvalue weighted by atomic mass is 10.0. The monoisotopic (exact) mass is 320 g/mol. The van der Waals surface area contributed by atoms with Gasteiger partial charge in [-0.05, 0) is 35.6 Å². The normalized spacial score (nSPS) is 10.8. The van der Waals surface area contributed by atoms with Crippen LogP contribution in [-0.2, 0) is 5.33 Å². The highest BCUT2D eigenvalue weighted by atomic mass is 79.9. The van der Waals surface area contributed by atoms with Gasteiger partial charge in [0.2, 0.25) is 0 Å². The second-order valence-electron chi connectivity index (χ2n) is 4.81. The molecule has 0 amide bonds. The maximum absolute atomic E-state index is 5.81. The minimum Gasteiger partial charge on any atom is -0.424 e. The summed E-state index contributed by atoms with van der Waals surface area (Å²) in [6.07, 6.45) is 3.53. The van der Waals surface area contributed by atoms with Crippen LogP contribution < -0.4 is 4.74 Å². The molecule has 100 valence electrons. The number of hydrogen-bond acceptors (Lipinski definition) is 3. The fourth-order valence-corrected chi connectivity index (χ4v) is 2.06. The average Bonchev–Trinajstić information content (AvgIpc) is 2.39. The van der Waals surface area contributed by atoms with Gasteiger partial charge in [0.1, 0.15) is 5.75 Å². The molecule has 0 atom stereocenters. The third-order valence-corrected chi connectivity index (χ3v) is 3.48.